The van der Waals surface area contributed by atoms with E-state index in [-0.39, 0.29) is 29.1 Å². The van der Waals surface area contributed by atoms with Crippen LogP contribution in [0, 0.1) is 0 Å². The number of aromatic nitrogens is 4. The molecule has 4 aromatic rings. The normalized spacial score (nSPS) is 15.1. The van der Waals surface area contributed by atoms with E-state index in [9.17, 15) is 8.42 Å². The van der Waals surface area contributed by atoms with Gasteiger partial charge in [0.25, 0.3) is 5.78 Å². The fraction of sp³-hybridized carbons (Fsp3) is 0.370. The SMILES string of the molecule is COc1ccc(OC)c(S(=O)(=O)N2CCN(c3nc4nccc(-c5ccc(C(C)(C)C)cc5)n4n3)CC2)c1. The van der Waals surface area contributed by atoms with Crippen molar-refractivity contribution >= 4 is 21.7 Å². The van der Waals surface area contributed by atoms with Crippen LogP contribution in [-0.2, 0) is 15.4 Å². The van der Waals surface area contributed by atoms with Gasteiger partial charge in [0.05, 0.1) is 19.9 Å². The summed E-state index contributed by atoms with van der Waals surface area (Å²) >= 11 is 0. The minimum absolute atomic E-state index is 0.0693. The molecule has 0 aliphatic carbocycles. The van der Waals surface area contributed by atoms with E-state index in [2.05, 4.69) is 55.0 Å². The van der Waals surface area contributed by atoms with E-state index in [1.54, 1.807) is 22.8 Å². The van der Waals surface area contributed by atoms with Crippen LogP contribution >= 0.6 is 0 Å². The van der Waals surface area contributed by atoms with E-state index >= 15 is 0 Å². The fourth-order valence-electron chi connectivity index (χ4n) is 4.53. The Morgan fingerprint density at radius 2 is 1.61 bits per heavy atom. The quantitative estimate of drug-likeness (QED) is 0.368. The molecule has 38 heavy (non-hydrogen) atoms. The fourth-order valence-corrected chi connectivity index (χ4v) is 6.12. The molecule has 0 unspecified atom stereocenters. The molecule has 11 heteroatoms. The highest BCUT2D eigenvalue weighted by molar-refractivity contribution is 7.89. The van der Waals surface area contributed by atoms with E-state index in [0.29, 0.717) is 30.6 Å². The van der Waals surface area contributed by atoms with Crippen LogP contribution in [0.4, 0.5) is 5.95 Å². The first kappa shape index (κ1) is 25.9. The van der Waals surface area contributed by atoms with Gasteiger partial charge in [-0.1, -0.05) is 45.0 Å². The van der Waals surface area contributed by atoms with Gasteiger partial charge in [-0.2, -0.15) is 13.8 Å². The van der Waals surface area contributed by atoms with Crippen molar-refractivity contribution < 1.29 is 17.9 Å². The van der Waals surface area contributed by atoms with Crippen LogP contribution in [0.5, 0.6) is 11.5 Å². The molecule has 0 atom stereocenters. The van der Waals surface area contributed by atoms with Crippen LogP contribution < -0.4 is 14.4 Å². The Kier molecular flexibility index (Phi) is 6.74. The van der Waals surface area contributed by atoms with Crippen molar-refractivity contribution in [3.63, 3.8) is 0 Å². The number of hydrogen-bond acceptors (Lipinski definition) is 8. The Bertz CT molecular complexity index is 1550. The first-order valence-corrected chi connectivity index (χ1v) is 13.9. The molecule has 2 aromatic heterocycles. The summed E-state index contributed by atoms with van der Waals surface area (Å²) in [7, 11) is -0.828. The molecule has 0 spiro atoms. The van der Waals surface area contributed by atoms with Crippen molar-refractivity contribution in [2.75, 3.05) is 45.3 Å². The maximum atomic E-state index is 13.4. The van der Waals surface area contributed by atoms with E-state index in [4.69, 9.17) is 14.6 Å². The summed E-state index contributed by atoms with van der Waals surface area (Å²) in [5.74, 6) is 1.75. The van der Waals surface area contributed by atoms with E-state index in [1.165, 1.54) is 30.2 Å². The highest BCUT2D eigenvalue weighted by Crippen LogP contribution is 2.32. The summed E-state index contributed by atoms with van der Waals surface area (Å²) in [6.07, 6.45) is 1.73. The summed E-state index contributed by atoms with van der Waals surface area (Å²) in [4.78, 5) is 11.1. The van der Waals surface area contributed by atoms with Crippen LogP contribution in [0.1, 0.15) is 26.3 Å². The van der Waals surface area contributed by atoms with Crippen LogP contribution in [-0.4, -0.2) is 72.7 Å². The third kappa shape index (κ3) is 4.79. The lowest BCUT2D eigenvalue weighted by Gasteiger charge is -2.33. The Morgan fingerprint density at radius 3 is 2.24 bits per heavy atom. The summed E-state index contributed by atoms with van der Waals surface area (Å²) in [6, 6.07) is 15.1. The molecule has 5 rings (SSSR count). The van der Waals surface area contributed by atoms with Gasteiger partial charge in [-0.05, 0) is 29.2 Å². The van der Waals surface area contributed by atoms with E-state index in [0.717, 1.165) is 11.3 Å². The second-order valence-corrected chi connectivity index (χ2v) is 12.1. The zero-order chi connectivity index (χ0) is 27.1. The standard InChI is InChI=1S/C27H32N6O4S/c1-27(2,3)20-8-6-19(7-9-20)22-12-13-28-25-29-26(30-33(22)25)31-14-16-32(17-15-31)38(34,35)24-18-21(36-4)10-11-23(24)37-5/h6-13,18H,14-17H2,1-5H3. The maximum Gasteiger partial charge on any atom is 0.254 e. The number of methoxy groups -OCH3 is 2. The molecule has 10 nitrogen and oxygen atoms in total. The van der Waals surface area contributed by atoms with Gasteiger partial charge in [-0.3, -0.25) is 0 Å². The molecular weight excluding hydrogens is 504 g/mol. The third-order valence-corrected chi connectivity index (χ3v) is 8.71. The number of fused-ring (bicyclic) bond motifs is 1. The van der Waals surface area contributed by atoms with Gasteiger partial charge in [0.1, 0.15) is 16.4 Å². The number of rotatable bonds is 6. The predicted octanol–water partition coefficient (Wildman–Crippen LogP) is 3.62. The van der Waals surface area contributed by atoms with Gasteiger partial charge in [0, 0.05) is 44.0 Å². The predicted molar refractivity (Wildman–Crippen MR) is 145 cm³/mol. The zero-order valence-electron chi connectivity index (χ0n) is 22.2. The van der Waals surface area contributed by atoms with Crippen LogP contribution in [0.25, 0.3) is 17.0 Å². The minimum Gasteiger partial charge on any atom is -0.497 e. The second kappa shape index (κ2) is 9.88. The third-order valence-electron chi connectivity index (χ3n) is 6.79. The number of nitrogens with zero attached hydrogens (tertiary/aromatic N) is 6. The Balaban J connectivity index is 1.37. The average Bonchev–Trinajstić information content (AvgIpc) is 3.37. The topological polar surface area (TPSA) is 102 Å². The van der Waals surface area contributed by atoms with Gasteiger partial charge >= 0.3 is 0 Å². The van der Waals surface area contributed by atoms with Crippen molar-refractivity contribution in [1.29, 1.82) is 0 Å². The average molecular weight is 537 g/mol. The Labute approximate surface area is 222 Å². The lowest BCUT2D eigenvalue weighted by atomic mass is 9.86. The summed E-state index contributed by atoms with van der Waals surface area (Å²) < 4.78 is 40.6. The second-order valence-electron chi connectivity index (χ2n) is 10.2. The first-order valence-electron chi connectivity index (χ1n) is 12.4. The molecule has 0 saturated carbocycles. The summed E-state index contributed by atoms with van der Waals surface area (Å²) in [6.45, 7) is 8.02. The highest BCUT2D eigenvalue weighted by Gasteiger charge is 2.32. The van der Waals surface area contributed by atoms with Crippen LogP contribution in [0.3, 0.4) is 0 Å². The van der Waals surface area contributed by atoms with Gasteiger partial charge in [0.2, 0.25) is 16.0 Å². The minimum atomic E-state index is -3.78. The maximum absolute atomic E-state index is 13.4. The van der Waals surface area contributed by atoms with Gasteiger partial charge in [-0.15, -0.1) is 5.10 Å². The molecule has 1 aliphatic heterocycles. The molecule has 0 bridgehead atoms. The monoisotopic (exact) mass is 536 g/mol. The smallest absolute Gasteiger partial charge is 0.254 e. The lowest BCUT2D eigenvalue weighted by molar-refractivity contribution is 0.369. The number of benzene rings is 2. The van der Waals surface area contributed by atoms with Crippen LogP contribution in [0.15, 0.2) is 59.6 Å². The van der Waals surface area contributed by atoms with E-state index in [1.807, 2.05) is 11.0 Å². The zero-order valence-corrected chi connectivity index (χ0v) is 23.1. The molecule has 0 radical (unpaired) electrons. The highest BCUT2D eigenvalue weighted by atomic mass is 32.2. The molecule has 3 heterocycles. The number of anilines is 1. The van der Waals surface area contributed by atoms with Gasteiger partial charge < -0.3 is 14.4 Å². The molecule has 1 saturated heterocycles. The summed E-state index contributed by atoms with van der Waals surface area (Å²) in [5.41, 5.74) is 3.23. The molecule has 0 amide bonds. The van der Waals surface area contributed by atoms with Crippen molar-refractivity contribution in [1.82, 2.24) is 23.9 Å². The first-order chi connectivity index (χ1) is 18.1. The van der Waals surface area contributed by atoms with Crippen molar-refractivity contribution in [3.8, 4) is 22.8 Å². The molecule has 1 fully saturated rings. The molecule has 200 valence electrons. The molecule has 1 aliphatic rings. The van der Waals surface area contributed by atoms with Gasteiger partial charge in [-0.25, -0.2) is 13.4 Å². The Morgan fingerprint density at radius 1 is 0.895 bits per heavy atom. The van der Waals surface area contributed by atoms with Crippen LogP contribution in [0.2, 0.25) is 0 Å². The van der Waals surface area contributed by atoms with Crippen molar-refractivity contribution in [3.05, 3.63) is 60.3 Å². The summed E-state index contributed by atoms with van der Waals surface area (Å²) in [5, 5.41) is 4.74. The van der Waals surface area contributed by atoms with E-state index < -0.39 is 10.0 Å². The van der Waals surface area contributed by atoms with Crippen molar-refractivity contribution in [2.45, 2.75) is 31.1 Å². The lowest BCUT2D eigenvalue weighted by Crippen LogP contribution is -2.49. The number of piperazine rings is 1. The number of ether oxygens (including phenoxy) is 2. The molecular formula is C27H32N6O4S. The number of sulfonamides is 1. The Hall–Kier alpha value is -3.70. The number of hydrogen-bond donors (Lipinski definition) is 0. The van der Waals surface area contributed by atoms with Crippen molar-refractivity contribution in [2.24, 2.45) is 0 Å². The largest absolute Gasteiger partial charge is 0.497 e. The molecule has 0 N–H and O–H groups in total. The molecule has 2 aromatic carbocycles. The van der Waals surface area contributed by atoms with Gasteiger partial charge in [0.15, 0.2) is 0 Å².